The van der Waals surface area contributed by atoms with Gasteiger partial charge in [-0.3, -0.25) is 9.79 Å². The van der Waals surface area contributed by atoms with Crippen LogP contribution in [0.4, 0.5) is 5.69 Å². The van der Waals surface area contributed by atoms with Crippen LogP contribution in [0, 0.1) is 5.92 Å². The van der Waals surface area contributed by atoms with Crippen LogP contribution in [0.15, 0.2) is 23.2 Å². The predicted octanol–water partition coefficient (Wildman–Crippen LogP) is 3.28. The third-order valence-electron chi connectivity index (χ3n) is 4.36. The first kappa shape index (κ1) is 20.0. The summed E-state index contributed by atoms with van der Waals surface area (Å²) in [6.07, 6.45) is 4.01. The standard InChI is InChI=1S/C20H29N3O3/c1-5-18(25-12-14-6-8-23-9-7-14)15-11-19(26-13(2)3)16(20(21)24)10-17(15)22-4/h5,10-11,13-14,23H,4,6-9,12H2,1-3H3,(H2,21,24)/b18-5+. The van der Waals surface area contributed by atoms with Gasteiger partial charge in [0.25, 0.3) is 5.91 Å². The lowest BCUT2D eigenvalue weighted by Crippen LogP contribution is -2.29. The van der Waals surface area contributed by atoms with Crippen molar-refractivity contribution in [1.82, 2.24) is 5.32 Å². The number of hydrogen-bond acceptors (Lipinski definition) is 5. The first-order chi connectivity index (χ1) is 12.5. The van der Waals surface area contributed by atoms with Gasteiger partial charge in [0.15, 0.2) is 0 Å². The number of aliphatic imine (C=N–C) groups is 1. The zero-order valence-corrected chi connectivity index (χ0v) is 15.9. The molecule has 26 heavy (non-hydrogen) atoms. The van der Waals surface area contributed by atoms with Gasteiger partial charge in [0.05, 0.1) is 24.0 Å². The van der Waals surface area contributed by atoms with Gasteiger partial charge < -0.3 is 20.5 Å². The molecule has 142 valence electrons. The highest BCUT2D eigenvalue weighted by atomic mass is 16.5. The van der Waals surface area contributed by atoms with Crippen molar-refractivity contribution >= 4 is 24.1 Å². The summed E-state index contributed by atoms with van der Waals surface area (Å²) in [5, 5.41) is 3.35. The smallest absolute Gasteiger partial charge is 0.252 e. The van der Waals surface area contributed by atoms with Crippen molar-refractivity contribution in [2.45, 2.75) is 39.7 Å². The second kappa shape index (κ2) is 9.38. The lowest BCUT2D eigenvalue weighted by atomic mass is 9.99. The average molecular weight is 359 g/mol. The summed E-state index contributed by atoms with van der Waals surface area (Å²) in [6.45, 7) is 12.0. The molecule has 1 aromatic carbocycles. The van der Waals surface area contributed by atoms with Crippen molar-refractivity contribution in [2.75, 3.05) is 19.7 Å². The summed E-state index contributed by atoms with van der Waals surface area (Å²) >= 11 is 0. The molecule has 1 fully saturated rings. The monoisotopic (exact) mass is 359 g/mol. The van der Waals surface area contributed by atoms with Crippen LogP contribution < -0.4 is 15.8 Å². The van der Waals surface area contributed by atoms with Crippen LogP contribution in [-0.4, -0.2) is 38.4 Å². The molecule has 0 aliphatic carbocycles. The predicted molar refractivity (Wildman–Crippen MR) is 105 cm³/mol. The topological polar surface area (TPSA) is 85.9 Å². The number of rotatable bonds is 8. The van der Waals surface area contributed by atoms with Gasteiger partial charge in [0, 0.05) is 5.56 Å². The Morgan fingerprint density at radius 1 is 1.38 bits per heavy atom. The van der Waals surface area contributed by atoms with Crippen molar-refractivity contribution in [3.8, 4) is 5.75 Å². The van der Waals surface area contributed by atoms with Crippen LogP contribution in [0.25, 0.3) is 5.76 Å². The molecule has 0 bridgehead atoms. The first-order valence-electron chi connectivity index (χ1n) is 9.07. The molecule has 1 amide bonds. The second-order valence-electron chi connectivity index (χ2n) is 6.71. The zero-order chi connectivity index (χ0) is 19.1. The quantitative estimate of drug-likeness (QED) is 0.551. The van der Waals surface area contributed by atoms with Gasteiger partial charge in [-0.05, 0) is 77.5 Å². The van der Waals surface area contributed by atoms with Crippen molar-refractivity contribution in [3.05, 3.63) is 29.3 Å². The van der Waals surface area contributed by atoms with E-state index in [0.717, 1.165) is 31.5 Å². The van der Waals surface area contributed by atoms with E-state index >= 15 is 0 Å². The Hall–Kier alpha value is -2.34. The number of hydrogen-bond donors (Lipinski definition) is 2. The summed E-state index contributed by atoms with van der Waals surface area (Å²) < 4.78 is 11.9. The Morgan fingerprint density at radius 3 is 2.62 bits per heavy atom. The molecule has 6 heteroatoms. The summed E-state index contributed by atoms with van der Waals surface area (Å²) in [7, 11) is 0. The first-order valence-corrected chi connectivity index (χ1v) is 9.07. The minimum Gasteiger partial charge on any atom is -0.493 e. The largest absolute Gasteiger partial charge is 0.493 e. The number of benzene rings is 1. The van der Waals surface area contributed by atoms with Crippen LogP contribution in [0.1, 0.15) is 49.5 Å². The van der Waals surface area contributed by atoms with Gasteiger partial charge in [0.1, 0.15) is 11.5 Å². The molecule has 0 aromatic heterocycles. The van der Waals surface area contributed by atoms with E-state index in [1.165, 1.54) is 0 Å². The number of nitrogens with zero attached hydrogens (tertiary/aromatic N) is 1. The Balaban J connectivity index is 2.31. The number of ether oxygens (including phenoxy) is 2. The lowest BCUT2D eigenvalue weighted by molar-refractivity contribution is 0.0994. The highest BCUT2D eigenvalue weighted by Crippen LogP contribution is 2.35. The molecule has 1 saturated heterocycles. The Morgan fingerprint density at radius 2 is 2.08 bits per heavy atom. The van der Waals surface area contributed by atoms with E-state index in [2.05, 4.69) is 17.0 Å². The SMILES string of the molecule is C=Nc1cc(C(N)=O)c(OC(C)C)cc1/C(=C\C)OCC1CCNCC1. The highest BCUT2D eigenvalue weighted by Gasteiger charge is 2.20. The summed E-state index contributed by atoms with van der Waals surface area (Å²) in [5.74, 6) is 1.10. The van der Waals surface area contributed by atoms with Gasteiger partial charge in [-0.25, -0.2) is 0 Å². The van der Waals surface area contributed by atoms with Crippen LogP contribution >= 0.6 is 0 Å². The van der Waals surface area contributed by atoms with E-state index in [1.54, 1.807) is 12.1 Å². The summed E-state index contributed by atoms with van der Waals surface area (Å²) in [6, 6.07) is 3.38. The molecular weight excluding hydrogens is 330 g/mol. The molecule has 1 heterocycles. The van der Waals surface area contributed by atoms with Gasteiger partial charge in [-0.1, -0.05) is 0 Å². The highest BCUT2D eigenvalue weighted by molar-refractivity contribution is 5.97. The molecule has 1 aromatic rings. The van der Waals surface area contributed by atoms with E-state index in [4.69, 9.17) is 15.2 Å². The second-order valence-corrected chi connectivity index (χ2v) is 6.71. The number of nitrogens with two attached hydrogens (primary N) is 1. The number of amides is 1. The molecule has 0 saturated carbocycles. The average Bonchev–Trinajstić information content (AvgIpc) is 2.62. The molecule has 3 N–H and O–H groups in total. The van der Waals surface area contributed by atoms with Crippen molar-refractivity contribution in [2.24, 2.45) is 16.6 Å². The van der Waals surface area contributed by atoms with E-state index in [9.17, 15) is 4.79 Å². The molecule has 1 aliphatic rings. The maximum Gasteiger partial charge on any atom is 0.252 e. The molecule has 0 spiro atoms. The maximum absolute atomic E-state index is 11.8. The van der Waals surface area contributed by atoms with Gasteiger partial charge in [-0.15, -0.1) is 0 Å². The van der Waals surface area contributed by atoms with Crippen molar-refractivity contribution < 1.29 is 14.3 Å². The van der Waals surface area contributed by atoms with Crippen molar-refractivity contribution in [1.29, 1.82) is 0 Å². The van der Waals surface area contributed by atoms with E-state index in [-0.39, 0.29) is 6.10 Å². The molecular formula is C20H29N3O3. The van der Waals surface area contributed by atoms with Gasteiger partial charge in [-0.2, -0.15) is 0 Å². The van der Waals surface area contributed by atoms with Crippen LogP contribution in [-0.2, 0) is 4.74 Å². The molecule has 6 nitrogen and oxygen atoms in total. The molecule has 1 aliphatic heterocycles. The lowest BCUT2D eigenvalue weighted by Gasteiger charge is -2.24. The molecule has 0 atom stereocenters. The maximum atomic E-state index is 11.8. The number of carbonyl (C=O) groups is 1. The molecule has 2 rings (SSSR count). The summed E-state index contributed by atoms with van der Waals surface area (Å²) in [4.78, 5) is 15.8. The third kappa shape index (κ3) is 5.08. The zero-order valence-electron chi connectivity index (χ0n) is 15.9. The fourth-order valence-electron chi connectivity index (χ4n) is 3.01. The minimum absolute atomic E-state index is 0.0896. The number of carbonyl (C=O) groups excluding carboxylic acids is 1. The Kier molecular flexibility index (Phi) is 7.21. The van der Waals surface area contributed by atoms with Gasteiger partial charge in [0.2, 0.25) is 0 Å². The number of nitrogens with one attached hydrogen (secondary N) is 1. The summed E-state index contributed by atoms with van der Waals surface area (Å²) in [5.41, 5.74) is 7.08. The third-order valence-corrected chi connectivity index (χ3v) is 4.36. The van der Waals surface area contributed by atoms with E-state index in [1.807, 2.05) is 26.8 Å². The van der Waals surface area contributed by atoms with E-state index in [0.29, 0.717) is 35.3 Å². The normalized spacial score (nSPS) is 15.8. The number of allylic oxidation sites excluding steroid dienone is 1. The fourth-order valence-corrected chi connectivity index (χ4v) is 3.01. The molecule has 0 unspecified atom stereocenters. The Bertz CT molecular complexity index is 677. The fraction of sp³-hybridized carbons (Fsp3) is 0.500. The molecule has 0 radical (unpaired) electrons. The van der Waals surface area contributed by atoms with Crippen LogP contribution in [0.5, 0.6) is 5.75 Å². The van der Waals surface area contributed by atoms with Crippen LogP contribution in [0.3, 0.4) is 0 Å². The van der Waals surface area contributed by atoms with Gasteiger partial charge >= 0.3 is 0 Å². The number of primary amides is 1. The minimum atomic E-state index is -0.560. The van der Waals surface area contributed by atoms with Crippen molar-refractivity contribution in [3.63, 3.8) is 0 Å². The van der Waals surface area contributed by atoms with Crippen LogP contribution in [0.2, 0.25) is 0 Å². The Labute approximate surface area is 155 Å². The van der Waals surface area contributed by atoms with E-state index < -0.39 is 5.91 Å². The number of piperidine rings is 1.